The predicted octanol–water partition coefficient (Wildman–Crippen LogP) is 2.39. The number of rotatable bonds is 7. The lowest BCUT2D eigenvalue weighted by atomic mass is 10.2. The second-order valence-corrected chi connectivity index (χ2v) is 7.02. The van der Waals surface area contributed by atoms with Gasteiger partial charge in [0.2, 0.25) is 0 Å². The third kappa shape index (κ3) is 3.95. The number of nitrogens with one attached hydrogen (secondary N) is 1. The molecule has 1 heterocycles. The molecule has 0 aliphatic carbocycles. The molecule has 8 heteroatoms. The Bertz CT molecular complexity index is 795. The van der Waals surface area contributed by atoms with E-state index in [0.29, 0.717) is 6.54 Å². The highest BCUT2D eigenvalue weighted by atomic mass is 32.2. The van der Waals surface area contributed by atoms with Crippen molar-refractivity contribution in [2.75, 3.05) is 4.72 Å². The summed E-state index contributed by atoms with van der Waals surface area (Å²) >= 11 is 0. The quantitative estimate of drug-likeness (QED) is 0.784. The van der Waals surface area contributed by atoms with Crippen LogP contribution >= 0.6 is 0 Å². The summed E-state index contributed by atoms with van der Waals surface area (Å²) in [5.74, 6) is -0.221. The van der Waals surface area contributed by atoms with E-state index in [1.165, 1.54) is 23.7 Å². The summed E-state index contributed by atoms with van der Waals surface area (Å²) in [6.07, 6.45) is 1.72. The smallest absolute Gasteiger partial charge is 0.263 e. The van der Waals surface area contributed by atoms with Gasteiger partial charge in [-0.25, -0.2) is 13.1 Å². The van der Waals surface area contributed by atoms with Gasteiger partial charge < -0.3 is 0 Å². The lowest BCUT2D eigenvalue weighted by Crippen LogP contribution is -2.18. The highest BCUT2D eigenvalue weighted by molar-refractivity contribution is 7.92. The van der Waals surface area contributed by atoms with E-state index in [9.17, 15) is 13.2 Å². The van der Waals surface area contributed by atoms with Gasteiger partial charge in [-0.05, 0) is 25.5 Å². The number of benzene rings is 1. The van der Waals surface area contributed by atoms with Crippen LogP contribution in [0.3, 0.4) is 0 Å². The first-order chi connectivity index (χ1) is 10.8. The number of aromatic nitrogens is 3. The molecule has 1 N–H and O–H groups in total. The number of hydrogen-bond acceptors (Lipinski definition) is 5. The van der Waals surface area contributed by atoms with E-state index < -0.39 is 10.0 Å². The van der Waals surface area contributed by atoms with Crippen LogP contribution < -0.4 is 4.72 Å². The first-order valence-electron chi connectivity index (χ1n) is 7.39. The number of anilines is 1. The Kier molecular flexibility index (Phi) is 5.15. The molecule has 124 valence electrons. The summed E-state index contributed by atoms with van der Waals surface area (Å²) in [4.78, 5) is 11.8. The molecular formula is C15H20N4O3S. The fourth-order valence-corrected chi connectivity index (χ4v) is 3.09. The molecule has 0 unspecified atom stereocenters. The number of nitrogens with zero attached hydrogens (tertiary/aromatic N) is 3. The largest absolute Gasteiger partial charge is 0.293 e. The summed E-state index contributed by atoms with van der Waals surface area (Å²) in [6, 6.07) is 6.47. The first-order valence-corrected chi connectivity index (χ1v) is 8.87. The number of Topliss-reactive ketones (excluding diaryl/α,β-unsaturated/α-hetero) is 1. The molecule has 0 spiro atoms. The number of sulfonamides is 1. The second kappa shape index (κ2) is 6.91. The van der Waals surface area contributed by atoms with Crippen LogP contribution in [0.25, 0.3) is 0 Å². The minimum atomic E-state index is -3.81. The number of aryl methyl sites for hydroxylation is 2. The minimum absolute atomic E-state index is 0.0248. The van der Waals surface area contributed by atoms with Gasteiger partial charge >= 0.3 is 0 Å². The third-order valence-electron chi connectivity index (χ3n) is 3.35. The van der Waals surface area contributed by atoms with Crippen molar-refractivity contribution in [1.82, 2.24) is 15.0 Å². The summed E-state index contributed by atoms with van der Waals surface area (Å²) in [5, 5.41) is 7.68. The molecule has 7 nitrogen and oxygen atoms in total. The molecule has 0 bridgehead atoms. The Morgan fingerprint density at radius 2 is 1.91 bits per heavy atom. The lowest BCUT2D eigenvalue weighted by molar-refractivity contribution is 0.101. The van der Waals surface area contributed by atoms with Crippen LogP contribution in [0.1, 0.15) is 42.7 Å². The zero-order chi connectivity index (χ0) is 17.0. The standard InChI is InChI=1S/C15H20N4O3S/c1-4-5-10-19-15(14(12(3)20)16-18-19)17-23(21,22)13-8-6-11(2)7-9-13/h6-9,17H,4-5,10H2,1-3H3. The van der Waals surface area contributed by atoms with Crippen LogP contribution in [0, 0.1) is 6.92 Å². The normalized spacial score (nSPS) is 11.4. The van der Waals surface area contributed by atoms with Crippen LogP contribution in [0.4, 0.5) is 5.82 Å². The van der Waals surface area contributed by atoms with Crippen LogP contribution in [-0.2, 0) is 16.6 Å². The molecule has 0 aliphatic rings. The monoisotopic (exact) mass is 336 g/mol. The molecule has 0 fully saturated rings. The van der Waals surface area contributed by atoms with Gasteiger partial charge in [0, 0.05) is 13.5 Å². The maximum atomic E-state index is 12.5. The predicted molar refractivity (Wildman–Crippen MR) is 86.9 cm³/mol. The van der Waals surface area contributed by atoms with Crippen LogP contribution in [0.5, 0.6) is 0 Å². The van der Waals surface area contributed by atoms with Gasteiger partial charge in [0.25, 0.3) is 10.0 Å². The zero-order valence-corrected chi connectivity index (χ0v) is 14.2. The lowest BCUT2D eigenvalue weighted by Gasteiger charge is -2.11. The molecule has 2 aromatic rings. The SMILES string of the molecule is CCCCn1nnc(C(C)=O)c1NS(=O)(=O)c1ccc(C)cc1. The molecule has 0 saturated carbocycles. The second-order valence-electron chi connectivity index (χ2n) is 5.34. The molecule has 23 heavy (non-hydrogen) atoms. The van der Waals surface area contributed by atoms with E-state index >= 15 is 0 Å². The van der Waals surface area contributed by atoms with Gasteiger partial charge in [0.15, 0.2) is 17.3 Å². The third-order valence-corrected chi connectivity index (χ3v) is 4.71. The fraction of sp³-hybridized carbons (Fsp3) is 0.400. The number of carbonyl (C=O) groups excluding carboxylic acids is 1. The molecule has 2 rings (SSSR count). The van der Waals surface area contributed by atoms with E-state index in [1.54, 1.807) is 12.1 Å². The summed E-state index contributed by atoms with van der Waals surface area (Å²) in [6.45, 7) is 5.71. The Morgan fingerprint density at radius 3 is 2.48 bits per heavy atom. The number of carbonyl (C=O) groups is 1. The highest BCUT2D eigenvalue weighted by Crippen LogP contribution is 2.20. The maximum Gasteiger partial charge on any atom is 0.263 e. The summed E-state index contributed by atoms with van der Waals surface area (Å²) < 4.78 is 28.9. The molecular weight excluding hydrogens is 316 g/mol. The Morgan fingerprint density at radius 1 is 1.26 bits per heavy atom. The zero-order valence-electron chi connectivity index (χ0n) is 13.4. The first kappa shape index (κ1) is 17.1. The van der Waals surface area contributed by atoms with Crippen LogP contribution in [0.15, 0.2) is 29.2 Å². The van der Waals surface area contributed by atoms with Gasteiger partial charge in [-0.3, -0.25) is 9.52 Å². The Hall–Kier alpha value is -2.22. The van der Waals surface area contributed by atoms with Crippen LogP contribution in [0.2, 0.25) is 0 Å². The molecule has 1 aromatic heterocycles. The number of hydrogen-bond donors (Lipinski definition) is 1. The average Bonchev–Trinajstić information content (AvgIpc) is 2.87. The van der Waals surface area contributed by atoms with Gasteiger partial charge in [0.05, 0.1) is 4.90 Å². The topological polar surface area (TPSA) is 93.9 Å². The number of unbranched alkanes of at least 4 members (excludes halogenated alkanes) is 1. The molecule has 1 aromatic carbocycles. The van der Waals surface area contributed by atoms with Crippen molar-refractivity contribution >= 4 is 21.6 Å². The molecule has 0 radical (unpaired) electrons. The fourth-order valence-electron chi connectivity index (χ4n) is 2.02. The van der Waals surface area contributed by atoms with Crippen molar-refractivity contribution in [3.05, 3.63) is 35.5 Å². The molecule has 0 aliphatic heterocycles. The van der Waals surface area contributed by atoms with E-state index in [1.807, 2.05) is 13.8 Å². The van der Waals surface area contributed by atoms with Crippen molar-refractivity contribution < 1.29 is 13.2 Å². The van der Waals surface area contributed by atoms with E-state index in [4.69, 9.17) is 0 Å². The van der Waals surface area contributed by atoms with Gasteiger partial charge in [0.1, 0.15) is 0 Å². The van der Waals surface area contributed by atoms with Gasteiger partial charge in [-0.2, -0.15) is 0 Å². The van der Waals surface area contributed by atoms with Gasteiger partial charge in [-0.1, -0.05) is 36.3 Å². The summed E-state index contributed by atoms with van der Waals surface area (Å²) in [5.41, 5.74) is 0.986. The molecule has 0 amide bonds. The van der Waals surface area contributed by atoms with Crippen molar-refractivity contribution in [3.63, 3.8) is 0 Å². The van der Waals surface area contributed by atoms with Crippen molar-refractivity contribution in [2.24, 2.45) is 0 Å². The van der Waals surface area contributed by atoms with E-state index in [2.05, 4.69) is 15.0 Å². The van der Waals surface area contributed by atoms with Crippen LogP contribution in [-0.4, -0.2) is 29.2 Å². The van der Waals surface area contributed by atoms with Gasteiger partial charge in [-0.15, -0.1) is 5.10 Å². The van der Waals surface area contributed by atoms with E-state index in [0.717, 1.165) is 18.4 Å². The minimum Gasteiger partial charge on any atom is -0.293 e. The molecule has 0 atom stereocenters. The average molecular weight is 336 g/mol. The Labute approximate surface area is 135 Å². The van der Waals surface area contributed by atoms with Crippen molar-refractivity contribution in [3.8, 4) is 0 Å². The maximum absolute atomic E-state index is 12.5. The van der Waals surface area contributed by atoms with Crippen molar-refractivity contribution in [2.45, 2.75) is 45.1 Å². The Balaban J connectivity index is 2.39. The summed E-state index contributed by atoms with van der Waals surface area (Å²) in [7, 11) is -3.81. The van der Waals surface area contributed by atoms with E-state index in [-0.39, 0.29) is 22.2 Å². The number of ketones is 1. The molecule has 0 saturated heterocycles. The van der Waals surface area contributed by atoms with Crippen molar-refractivity contribution in [1.29, 1.82) is 0 Å². The highest BCUT2D eigenvalue weighted by Gasteiger charge is 2.23.